The Balaban J connectivity index is 2.29. The second-order valence-electron chi connectivity index (χ2n) is 4.33. The van der Waals surface area contributed by atoms with E-state index < -0.39 is 0 Å². The van der Waals surface area contributed by atoms with Gasteiger partial charge in [-0.05, 0) is 37.5 Å². The third-order valence-electron chi connectivity index (χ3n) is 2.91. The molecule has 0 saturated carbocycles. The van der Waals surface area contributed by atoms with E-state index in [1.54, 1.807) is 0 Å². The Morgan fingerprint density at radius 1 is 1.38 bits per heavy atom. The van der Waals surface area contributed by atoms with Gasteiger partial charge in [0.1, 0.15) is 11.5 Å². The maximum Gasteiger partial charge on any atom is 0.138 e. The van der Waals surface area contributed by atoms with Gasteiger partial charge < -0.3 is 5.73 Å². The Labute approximate surface area is 96.3 Å². The van der Waals surface area contributed by atoms with Crippen molar-refractivity contribution in [2.75, 3.05) is 5.73 Å². The number of nitrogen functional groups attached to an aromatic ring is 1. The Morgan fingerprint density at radius 3 is 2.94 bits per heavy atom. The van der Waals surface area contributed by atoms with Gasteiger partial charge >= 0.3 is 0 Å². The fourth-order valence-electron chi connectivity index (χ4n) is 1.94. The van der Waals surface area contributed by atoms with Crippen molar-refractivity contribution in [3.63, 3.8) is 0 Å². The highest BCUT2D eigenvalue weighted by Gasteiger charge is 2.08. The molecule has 0 amide bonds. The predicted molar refractivity (Wildman–Crippen MR) is 67.6 cm³/mol. The number of imidazole rings is 1. The maximum absolute atomic E-state index is 6.07. The number of rotatable bonds is 4. The summed E-state index contributed by atoms with van der Waals surface area (Å²) in [5.74, 6) is 0.797. The van der Waals surface area contributed by atoms with Gasteiger partial charge in [-0.15, -0.1) is 0 Å². The van der Waals surface area contributed by atoms with E-state index in [1.807, 2.05) is 10.6 Å². The molecule has 3 heteroatoms. The molecule has 0 aromatic carbocycles. The third-order valence-corrected chi connectivity index (χ3v) is 2.91. The van der Waals surface area contributed by atoms with Crippen LogP contribution < -0.4 is 5.73 Å². The van der Waals surface area contributed by atoms with Crippen LogP contribution in [0.3, 0.4) is 0 Å². The van der Waals surface area contributed by atoms with Crippen molar-refractivity contribution in [2.24, 2.45) is 0 Å². The lowest BCUT2D eigenvalue weighted by Crippen LogP contribution is -1.96. The molecule has 0 aliphatic heterocycles. The first-order valence-electron chi connectivity index (χ1n) is 5.95. The van der Waals surface area contributed by atoms with Crippen LogP contribution in [0.2, 0.25) is 0 Å². The normalized spacial score (nSPS) is 11.1. The highest BCUT2D eigenvalue weighted by atomic mass is 15.1. The highest BCUT2D eigenvalue weighted by Crippen LogP contribution is 2.18. The molecule has 0 saturated heterocycles. The Hall–Kier alpha value is -1.51. The van der Waals surface area contributed by atoms with Gasteiger partial charge in [-0.25, -0.2) is 4.98 Å². The first kappa shape index (κ1) is 11.0. The smallest absolute Gasteiger partial charge is 0.138 e. The summed E-state index contributed by atoms with van der Waals surface area (Å²) >= 11 is 0. The number of hydrogen-bond donors (Lipinski definition) is 1. The van der Waals surface area contributed by atoms with E-state index >= 15 is 0 Å². The van der Waals surface area contributed by atoms with Crippen LogP contribution >= 0.6 is 0 Å². The summed E-state index contributed by atoms with van der Waals surface area (Å²) in [5, 5.41) is 0. The van der Waals surface area contributed by atoms with Gasteiger partial charge in [-0.2, -0.15) is 0 Å². The first-order chi connectivity index (χ1) is 7.72. The molecule has 0 atom stereocenters. The number of pyridine rings is 1. The van der Waals surface area contributed by atoms with E-state index in [0.717, 1.165) is 23.6 Å². The van der Waals surface area contributed by atoms with E-state index in [-0.39, 0.29) is 0 Å². The molecule has 0 radical (unpaired) electrons. The van der Waals surface area contributed by atoms with Gasteiger partial charge in [-0.3, -0.25) is 4.40 Å². The lowest BCUT2D eigenvalue weighted by atomic mass is 10.1. The van der Waals surface area contributed by atoms with Crippen LogP contribution in [0.15, 0.2) is 18.3 Å². The number of nitrogens with two attached hydrogens (primary N) is 1. The summed E-state index contributed by atoms with van der Waals surface area (Å²) in [5.41, 5.74) is 9.29. The minimum Gasteiger partial charge on any atom is -0.383 e. The van der Waals surface area contributed by atoms with Crippen LogP contribution in [-0.2, 0) is 6.42 Å². The van der Waals surface area contributed by atoms with Crippen LogP contribution in [-0.4, -0.2) is 9.38 Å². The topological polar surface area (TPSA) is 43.3 Å². The van der Waals surface area contributed by atoms with Crippen molar-refractivity contribution < 1.29 is 0 Å². The van der Waals surface area contributed by atoms with Gasteiger partial charge in [0, 0.05) is 6.20 Å². The second-order valence-corrected chi connectivity index (χ2v) is 4.33. The van der Waals surface area contributed by atoms with Gasteiger partial charge in [0.2, 0.25) is 0 Å². The SMILES string of the molecule is CCCCCc1nc2cc(C)ccn2c1N. The molecule has 0 spiro atoms. The van der Waals surface area contributed by atoms with Gasteiger partial charge in [0.15, 0.2) is 0 Å². The summed E-state index contributed by atoms with van der Waals surface area (Å²) < 4.78 is 1.97. The minimum absolute atomic E-state index is 0.797. The average Bonchev–Trinajstić information content (AvgIpc) is 2.56. The standard InChI is InChI=1S/C13H19N3/c1-3-4-5-6-11-13(14)16-8-7-10(2)9-12(16)15-11/h7-9H,3-6,14H2,1-2H3. The fourth-order valence-corrected chi connectivity index (χ4v) is 1.94. The molecule has 2 rings (SSSR count). The molecule has 16 heavy (non-hydrogen) atoms. The zero-order chi connectivity index (χ0) is 11.5. The number of aryl methyl sites for hydroxylation is 2. The van der Waals surface area contributed by atoms with Gasteiger partial charge in [0.05, 0.1) is 5.69 Å². The van der Waals surface area contributed by atoms with E-state index in [2.05, 4.69) is 31.0 Å². The molecule has 2 aromatic heterocycles. The van der Waals surface area contributed by atoms with Crippen LogP contribution in [0.1, 0.15) is 37.4 Å². The first-order valence-corrected chi connectivity index (χ1v) is 5.95. The van der Waals surface area contributed by atoms with Gasteiger partial charge in [0.25, 0.3) is 0 Å². The molecule has 0 unspecified atom stereocenters. The van der Waals surface area contributed by atoms with Crippen molar-refractivity contribution in [2.45, 2.75) is 39.5 Å². The molecule has 3 nitrogen and oxygen atoms in total. The summed E-state index contributed by atoms with van der Waals surface area (Å²) in [6.07, 6.45) is 6.62. The lowest BCUT2D eigenvalue weighted by Gasteiger charge is -1.98. The number of aromatic nitrogens is 2. The Bertz CT molecular complexity index is 485. The van der Waals surface area contributed by atoms with Crippen molar-refractivity contribution in [3.8, 4) is 0 Å². The molecular formula is C13H19N3. The number of fused-ring (bicyclic) bond motifs is 1. The highest BCUT2D eigenvalue weighted by molar-refractivity contribution is 5.53. The predicted octanol–water partition coefficient (Wildman–Crippen LogP) is 2.96. The second kappa shape index (κ2) is 4.56. The quantitative estimate of drug-likeness (QED) is 0.800. The average molecular weight is 217 g/mol. The molecule has 2 heterocycles. The van der Waals surface area contributed by atoms with Crippen LogP contribution in [0.4, 0.5) is 5.82 Å². The molecule has 0 fully saturated rings. The molecule has 0 aliphatic rings. The lowest BCUT2D eigenvalue weighted by molar-refractivity contribution is 0.711. The number of anilines is 1. The van der Waals surface area contributed by atoms with E-state index in [0.29, 0.717) is 0 Å². The van der Waals surface area contributed by atoms with E-state index in [1.165, 1.54) is 24.8 Å². The summed E-state index contributed by atoms with van der Waals surface area (Å²) in [7, 11) is 0. The van der Waals surface area contributed by atoms with Gasteiger partial charge in [-0.1, -0.05) is 19.8 Å². The van der Waals surface area contributed by atoms with Crippen LogP contribution in [0, 0.1) is 6.92 Å². The number of hydrogen-bond acceptors (Lipinski definition) is 2. The number of nitrogens with zero attached hydrogens (tertiary/aromatic N) is 2. The van der Waals surface area contributed by atoms with E-state index in [4.69, 9.17) is 5.73 Å². The zero-order valence-electron chi connectivity index (χ0n) is 10.0. The monoisotopic (exact) mass is 217 g/mol. The maximum atomic E-state index is 6.07. The summed E-state index contributed by atoms with van der Waals surface area (Å²) in [6, 6.07) is 4.13. The summed E-state index contributed by atoms with van der Waals surface area (Å²) in [4.78, 5) is 4.58. The molecule has 0 bridgehead atoms. The molecular weight excluding hydrogens is 198 g/mol. The Kier molecular flexibility index (Phi) is 3.13. The largest absolute Gasteiger partial charge is 0.383 e. The Morgan fingerprint density at radius 2 is 2.19 bits per heavy atom. The fraction of sp³-hybridized carbons (Fsp3) is 0.462. The molecule has 2 N–H and O–H groups in total. The zero-order valence-corrected chi connectivity index (χ0v) is 10.0. The number of unbranched alkanes of at least 4 members (excludes halogenated alkanes) is 2. The van der Waals surface area contributed by atoms with Crippen LogP contribution in [0.5, 0.6) is 0 Å². The van der Waals surface area contributed by atoms with Crippen molar-refractivity contribution >= 4 is 11.5 Å². The minimum atomic E-state index is 0.797. The molecule has 0 aliphatic carbocycles. The van der Waals surface area contributed by atoms with E-state index in [9.17, 15) is 0 Å². The van der Waals surface area contributed by atoms with Crippen molar-refractivity contribution in [1.82, 2.24) is 9.38 Å². The molecule has 86 valence electrons. The van der Waals surface area contributed by atoms with Crippen molar-refractivity contribution in [1.29, 1.82) is 0 Å². The third kappa shape index (κ3) is 2.03. The van der Waals surface area contributed by atoms with Crippen molar-refractivity contribution in [3.05, 3.63) is 29.6 Å². The summed E-state index contributed by atoms with van der Waals surface area (Å²) in [6.45, 7) is 4.28. The van der Waals surface area contributed by atoms with Crippen LogP contribution in [0.25, 0.3) is 5.65 Å². The molecule has 2 aromatic rings.